The molecule has 0 aromatic rings. The number of hydrogen-bond donors (Lipinski definition) is 0. The minimum Gasteiger partial charge on any atom is -0.218 e. The van der Waals surface area contributed by atoms with Gasteiger partial charge in [-0.05, 0) is 16.7 Å². The number of rotatable bonds is 4. The molecule has 0 aliphatic rings. The Hall–Kier alpha value is 0.300. The van der Waals surface area contributed by atoms with E-state index >= 15 is 0 Å². The van der Waals surface area contributed by atoms with Crippen molar-refractivity contribution in [3.63, 3.8) is 0 Å². The molecule has 0 fully saturated rings. The van der Waals surface area contributed by atoms with E-state index < -0.39 is 8.87 Å². The summed E-state index contributed by atoms with van der Waals surface area (Å²) in [6.45, 7) is 4.12. The largest absolute Gasteiger partial charge is 0.218 e. The van der Waals surface area contributed by atoms with Crippen LogP contribution in [0.5, 0.6) is 0 Å². The molecule has 0 spiro atoms. The Morgan fingerprint density at radius 3 is 2.30 bits per heavy atom. The average Bonchev–Trinajstić information content (AvgIpc) is 1.81. The van der Waals surface area contributed by atoms with Gasteiger partial charge in [0.15, 0.2) is 8.87 Å². The maximum absolute atomic E-state index is 10.6. The maximum atomic E-state index is 10.6. The van der Waals surface area contributed by atoms with E-state index in [1.165, 1.54) is 6.26 Å². The standard InChI is InChI=1S/C6H14O2S2/c1-4-6(2)5-9-10(3,7)8/h6H,4-5H2,1-3H3. The van der Waals surface area contributed by atoms with Gasteiger partial charge in [-0.1, -0.05) is 20.3 Å². The third kappa shape index (κ3) is 6.42. The Labute approximate surface area is 66.7 Å². The first-order valence-electron chi connectivity index (χ1n) is 3.30. The van der Waals surface area contributed by atoms with Crippen LogP contribution >= 0.6 is 10.8 Å². The van der Waals surface area contributed by atoms with Crippen LogP contribution in [0.2, 0.25) is 0 Å². The van der Waals surface area contributed by atoms with E-state index in [-0.39, 0.29) is 0 Å². The topological polar surface area (TPSA) is 34.1 Å². The summed E-state index contributed by atoms with van der Waals surface area (Å²) in [6.07, 6.45) is 2.29. The molecule has 0 N–H and O–H groups in total. The van der Waals surface area contributed by atoms with E-state index in [0.717, 1.165) is 23.0 Å². The Kier molecular flexibility index (Phi) is 4.36. The highest BCUT2D eigenvalue weighted by Crippen LogP contribution is 2.15. The zero-order chi connectivity index (χ0) is 8.20. The molecule has 0 aliphatic carbocycles. The first-order valence-corrected chi connectivity index (χ1v) is 6.69. The lowest BCUT2D eigenvalue weighted by Crippen LogP contribution is -1.99. The Bertz CT molecular complexity index is 172. The first-order chi connectivity index (χ1) is 4.45. The lowest BCUT2D eigenvalue weighted by atomic mass is 10.2. The number of hydrogen-bond acceptors (Lipinski definition) is 3. The van der Waals surface area contributed by atoms with Crippen LogP contribution in [-0.4, -0.2) is 20.4 Å². The monoisotopic (exact) mass is 182 g/mol. The van der Waals surface area contributed by atoms with E-state index in [9.17, 15) is 8.42 Å². The summed E-state index contributed by atoms with van der Waals surface area (Å²) in [7, 11) is -1.77. The van der Waals surface area contributed by atoms with Gasteiger partial charge in [0.2, 0.25) is 0 Å². The predicted octanol–water partition coefficient (Wildman–Crippen LogP) is 1.73. The molecule has 62 valence electrons. The van der Waals surface area contributed by atoms with Gasteiger partial charge in [0, 0.05) is 12.0 Å². The maximum Gasteiger partial charge on any atom is 0.198 e. The van der Waals surface area contributed by atoms with E-state index in [0.29, 0.717) is 5.92 Å². The SMILES string of the molecule is CCC(C)CSS(C)(=O)=O. The van der Waals surface area contributed by atoms with Crippen molar-refractivity contribution in [2.75, 3.05) is 12.0 Å². The predicted molar refractivity (Wildman–Crippen MR) is 46.8 cm³/mol. The zero-order valence-electron chi connectivity index (χ0n) is 6.62. The molecule has 0 bridgehead atoms. The normalized spacial score (nSPS) is 15.1. The fourth-order valence-corrected chi connectivity index (χ4v) is 2.51. The quantitative estimate of drug-likeness (QED) is 0.621. The van der Waals surface area contributed by atoms with Crippen LogP contribution < -0.4 is 0 Å². The van der Waals surface area contributed by atoms with Crippen LogP contribution in [0.25, 0.3) is 0 Å². The van der Waals surface area contributed by atoms with Gasteiger partial charge in [0.1, 0.15) is 0 Å². The lowest BCUT2D eigenvalue weighted by Gasteiger charge is -2.04. The molecule has 1 unspecified atom stereocenters. The Balaban J connectivity index is 3.56. The van der Waals surface area contributed by atoms with Gasteiger partial charge < -0.3 is 0 Å². The van der Waals surface area contributed by atoms with Gasteiger partial charge in [0.05, 0.1) is 0 Å². The molecule has 0 amide bonds. The van der Waals surface area contributed by atoms with Crippen molar-refractivity contribution < 1.29 is 8.42 Å². The zero-order valence-corrected chi connectivity index (χ0v) is 8.26. The van der Waals surface area contributed by atoms with Crippen molar-refractivity contribution in [3.05, 3.63) is 0 Å². The highest BCUT2D eigenvalue weighted by molar-refractivity contribution is 8.71. The molecule has 0 saturated carbocycles. The third-order valence-corrected chi connectivity index (χ3v) is 4.09. The summed E-state index contributed by atoms with van der Waals surface area (Å²) < 4.78 is 21.2. The fourth-order valence-electron chi connectivity index (χ4n) is 0.358. The molecule has 0 aliphatic heterocycles. The second-order valence-electron chi connectivity index (χ2n) is 2.50. The van der Waals surface area contributed by atoms with E-state index in [1.807, 2.05) is 0 Å². The summed E-state index contributed by atoms with van der Waals surface area (Å²) in [6, 6.07) is 0. The van der Waals surface area contributed by atoms with Gasteiger partial charge >= 0.3 is 0 Å². The molecule has 0 saturated heterocycles. The molecule has 2 nitrogen and oxygen atoms in total. The van der Waals surface area contributed by atoms with Gasteiger partial charge in [-0.2, -0.15) is 0 Å². The van der Waals surface area contributed by atoms with Gasteiger partial charge in [0.25, 0.3) is 0 Å². The van der Waals surface area contributed by atoms with E-state index in [4.69, 9.17) is 0 Å². The first kappa shape index (κ1) is 10.3. The smallest absolute Gasteiger partial charge is 0.198 e. The third-order valence-electron chi connectivity index (χ3n) is 1.26. The molecular formula is C6H14O2S2. The van der Waals surface area contributed by atoms with E-state index in [1.54, 1.807) is 0 Å². The van der Waals surface area contributed by atoms with Crippen LogP contribution in [0.1, 0.15) is 20.3 Å². The Morgan fingerprint density at radius 2 is 2.00 bits per heavy atom. The summed E-state index contributed by atoms with van der Waals surface area (Å²) >= 11 is 0. The van der Waals surface area contributed by atoms with Gasteiger partial charge in [-0.3, -0.25) is 0 Å². The van der Waals surface area contributed by atoms with E-state index in [2.05, 4.69) is 13.8 Å². The lowest BCUT2D eigenvalue weighted by molar-refractivity contribution is 0.613. The minimum atomic E-state index is -2.81. The summed E-state index contributed by atoms with van der Waals surface area (Å²) in [4.78, 5) is 0. The van der Waals surface area contributed by atoms with Crippen LogP contribution in [-0.2, 0) is 8.87 Å². The van der Waals surface area contributed by atoms with Gasteiger partial charge in [-0.25, -0.2) is 8.42 Å². The van der Waals surface area contributed by atoms with Crippen molar-refractivity contribution >= 4 is 19.7 Å². The summed E-state index contributed by atoms with van der Waals surface area (Å²) in [5.74, 6) is 1.22. The molecule has 0 rings (SSSR count). The van der Waals surface area contributed by atoms with Crippen LogP contribution in [0.3, 0.4) is 0 Å². The molecule has 0 radical (unpaired) electrons. The molecular weight excluding hydrogens is 168 g/mol. The minimum absolute atomic E-state index is 0.500. The van der Waals surface area contributed by atoms with Crippen molar-refractivity contribution in [1.29, 1.82) is 0 Å². The molecule has 0 aromatic carbocycles. The fraction of sp³-hybridized carbons (Fsp3) is 1.00. The molecule has 10 heavy (non-hydrogen) atoms. The van der Waals surface area contributed by atoms with Crippen LogP contribution in [0.4, 0.5) is 0 Å². The second kappa shape index (κ2) is 4.23. The van der Waals surface area contributed by atoms with Gasteiger partial charge in [-0.15, -0.1) is 0 Å². The average molecular weight is 182 g/mol. The Morgan fingerprint density at radius 1 is 1.50 bits per heavy atom. The second-order valence-corrected chi connectivity index (χ2v) is 7.00. The highest BCUT2D eigenvalue weighted by atomic mass is 33.1. The van der Waals surface area contributed by atoms with Crippen molar-refractivity contribution in [3.8, 4) is 0 Å². The summed E-state index contributed by atoms with van der Waals surface area (Å²) in [5, 5.41) is 0. The summed E-state index contributed by atoms with van der Waals surface area (Å²) in [5.41, 5.74) is 0. The molecule has 0 aromatic heterocycles. The molecule has 4 heteroatoms. The highest BCUT2D eigenvalue weighted by Gasteiger charge is 2.05. The van der Waals surface area contributed by atoms with Crippen molar-refractivity contribution in [1.82, 2.24) is 0 Å². The van der Waals surface area contributed by atoms with Crippen molar-refractivity contribution in [2.24, 2.45) is 5.92 Å². The van der Waals surface area contributed by atoms with Crippen molar-refractivity contribution in [2.45, 2.75) is 20.3 Å². The van der Waals surface area contributed by atoms with Crippen LogP contribution in [0.15, 0.2) is 0 Å². The van der Waals surface area contributed by atoms with Crippen LogP contribution in [0, 0.1) is 5.92 Å². The molecule has 1 atom stereocenters. The molecule has 0 heterocycles.